The number of hydrogen-bond donors (Lipinski definition) is 1. The second-order valence-electron chi connectivity index (χ2n) is 12.7. The van der Waals surface area contributed by atoms with E-state index in [1.807, 2.05) is 0 Å². The fourth-order valence-electron chi connectivity index (χ4n) is 6.21. The van der Waals surface area contributed by atoms with Gasteiger partial charge in [-0.3, -0.25) is 9.69 Å². The number of nitrogens with zero attached hydrogens (tertiary/aromatic N) is 3. The molecule has 0 bridgehead atoms. The van der Waals surface area contributed by atoms with Gasteiger partial charge < -0.3 is 15.0 Å². The zero-order valence-electron chi connectivity index (χ0n) is 27.2. The number of nitrogens with one attached hydrogen (secondary N) is 1. The Morgan fingerprint density at radius 1 is 0.796 bits per heavy atom. The summed E-state index contributed by atoms with van der Waals surface area (Å²) in [6, 6.07) is 7.06. The largest absolute Gasteiger partial charge is 0.416 e. The summed E-state index contributed by atoms with van der Waals surface area (Å²) >= 11 is 6.72. The summed E-state index contributed by atoms with van der Waals surface area (Å²) in [5.41, 5.74) is 0.980. The number of likely N-dealkylation sites (tertiary alicyclic amines) is 1. The molecular formula is C34H40Br2F6N4O3. The van der Waals surface area contributed by atoms with Crippen molar-refractivity contribution >= 4 is 47.4 Å². The van der Waals surface area contributed by atoms with E-state index in [-0.39, 0.29) is 11.7 Å². The van der Waals surface area contributed by atoms with E-state index in [0.29, 0.717) is 41.9 Å². The zero-order chi connectivity index (χ0) is 35.8. The standard InChI is InChI=1S/C17H20BrF3N2O.C9H7F3O.C8H13BrN2O/c1-11-8-14(17(19,20)21)3-2-13(11)10-23-6-4-12(5-7-23)15-9-16(18)22-24-15;1-6-4-8(9(10,11)12)3-2-7(6)5-13;9-8-5-7(12-11-8)6-1-3-10-4-2-6/h2-3,8,12,15H,4-7,9-10H2,1H3;2-5H,1H3;6-7,10H,1-5H2/t15-;;7-/m1.1/s1. The van der Waals surface area contributed by atoms with Crippen LogP contribution in [0, 0.1) is 25.7 Å². The van der Waals surface area contributed by atoms with Crippen molar-refractivity contribution in [3.8, 4) is 0 Å². The number of carbonyl (C=O) groups excluding carboxylic acids is 1. The number of carbonyl (C=O) groups is 1. The van der Waals surface area contributed by atoms with E-state index in [2.05, 4.69) is 52.4 Å². The van der Waals surface area contributed by atoms with E-state index in [0.717, 1.165) is 78.8 Å². The fourth-order valence-corrected chi connectivity index (χ4v) is 7.02. The molecule has 2 aromatic carbocycles. The highest BCUT2D eigenvalue weighted by Gasteiger charge is 2.34. The third kappa shape index (κ3) is 11.8. The number of rotatable bonds is 5. The van der Waals surface area contributed by atoms with Gasteiger partial charge in [-0.1, -0.05) is 22.4 Å². The number of aldehydes is 1. The molecule has 4 aliphatic heterocycles. The quantitative estimate of drug-likeness (QED) is 0.241. The molecule has 0 amide bonds. The number of piperidine rings is 2. The van der Waals surface area contributed by atoms with Crippen molar-refractivity contribution < 1.29 is 40.8 Å². The molecule has 2 fully saturated rings. The van der Waals surface area contributed by atoms with Crippen LogP contribution in [0.15, 0.2) is 46.7 Å². The van der Waals surface area contributed by atoms with Crippen molar-refractivity contribution in [2.75, 3.05) is 26.2 Å². The van der Waals surface area contributed by atoms with Crippen molar-refractivity contribution in [1.82, 2.24) is 10.2 Å². The molecule has 270 valence electrons. The monoisotopic (exact) mass is 824 g/mol. The highest BCUT2D eigenvalue weighted by molar-refractivity contribution is 9.18. The van der Waals surface area contributed by atoms with Gasteiger partial charge in [0.1, 0.15) is 27.7 Å². The molecule has 6 rings (SSSR count). The third-order valence-electron chi connectivity index (χ3n) is 9.17. The zero-order valence-corrected chi connectivity index (χ0v) is 30.4. The summed E-state index contributed by atoms with van der Waals surface area (Å²) in [6.45, 7) is 8.04. The molecule has 15 heteroatoms. The number of aryl methyl sites for hydroxylation is 2. The molecule has 2 atom stereocenters. The van der Waals surface area contributed by atoms with Gasteiger partial charge in [-0.15, -0.1) is 0 Å². The Kier molecular flexibility index (Phi) is 14.1. The number of hydrogen-bond acceptors (Lipinski definition) is 7. The first-order valence-corrected chi connectivity index (χ1v) is 17.7. The molecular weight excluding hydrogens is 786 g/mol. The summed E-state index contributed by atoms with van der Waals surface area (Å²) < 4.78 is 76.4. The molecule has 0 radical (unpaired) electrons. The maximum absolute atomic E-state index is 12.7. The molecule has 7 nitrogen and oxygen atoms in total. The van der Waals surface area contributed by atoms with Crippen LogP contribution in [0.3, 0.4) is 0 Å². The van der Waals surface area contributed by atoms with Crippen LogP contribution in [0.5, 0.6) is 0 Å². The molecule has 0 spiro atoms. The lowest BCUT2D eigenvalue weighted by molar-refractivity contribution is -0.138. The molecule has 2 saturated heterocycles. The predicted molar refractivity (Wildman–Crippen MR) is 183 cm³/mol. The van der Waals surface area contributed by atoms with Crippen molar-refractivity contribution in [2.45, 2.75) is 83.5 Å². The SMILES string of the molecule is BrC1=NO[C@@H](C2CCNCC2)C1.Cc1cc(C(F)(F)F)ccc1C=O.Cc1cc(C(F)(F)F)ccc1CN1CCC([C@H]2CC(Br)=NO2)CC1. The Balaban J connectivity index is 0.000000182. The lowest BCUT2D eigenvalue weighted by Gasteiger charge is -2.34. The van der Waals surface area contributed by atoms with E-state index < -0.39 is 23.5 Å². The summed E-state index contributed by atoms with van der Waals surface area (Å²) in [5.74, 6) is 1.19. The molecule has 0 aliphatic carbocycles. The normalized spacial score (nSPS) is 22.1. The van der Waals surface area contributed by atoms with Gasteiger partial charge in [0.15, 0.2) is 0 Å². The number of benzene rings is 2. The van der Waals surface area contributed by atoms with Gasteiger partial charge in [0.2, 0.25) is 0 Å². The van der Waals surface area contributed by atoms with E-state index in [9.17, 15) is 31.1 Å². The molecule has 0 unspecified atom stereocenters. The van der Waals surface area contributed by atoms with Crippen LogP contribution in [0.4, 0.5) is 26.3 Å². The third-order valence-corrected chi connectivity index (χ3v) is 10.1. The number of alkyl halides is 6. The second kappa shape index (κ2) is 17.6. The molecule has 4 heterocycles. The van der Waals surface area contributed by atoms with Gasteiger partial charge in [0.25, 0.3) is 0 Å². The molecule has 1 N–H and O–H groups in total. The van der Waals surface area contributed by atoms with Crippen molar-refractivity contribution in [1.29, 1.82) is 0 Å². The Labute approximate surface area is 299 Å². The maximum atomic E-state index is 12.7. The van der Waals surface area contributed by atoms with Crippen LogP contribution in [-0.4, -0.2) is 58.8 Å². The highest BCUT2D eigenvalue weighted by atomic mass is 79.9. The molecule has 4 aliphatic rings. The first-order chi connectivity index (χ1) is 23.1. The lowest BCUT2D eigenvalue weighted by atomic mass is 9.89. The molecule has 0 saturated carbocycles. The van der Waals surface area contributed by atoms with Crippen LogP contribution in [0.2, 0.25) is 0 Å². The van der Waals surface area contributed by atoms with Crippen molar-refractivity contribution in [2.24, 2.45) is 22.1 Å². The maximum Gasteiger partial charge on any atom is 0.416 e. The Bertz CT molecular complexity index is 1470. The van der Waals surface area contributed by atoms with Crippen LogP contribution in [-0.2, 0) is 28.6 Å². The van der Waals surface area contributed by atoms with Gasteiger partial charge in [0, 0.05) is 36.8 Å². The molecule has 2 aromatic rings. The smallest absolute Gasteiger partial charge is 0.391 e. The summed E-state index contributed by atoms with van der Waals surface area (Å²) in [6.07, 6.45) is -1.29. The van der Waals surface area contributed by atoms with Crippen LogP contribution in [0.1, 0.15) is 76.7 Å². The van der Waals surface area contributed by atoms with Gasteiger partial charge in [0.05, 0.1) is 11.1 Å². The van der Waals surface area contributed by atoms with Gasteiger partial charge in [-0.2, -0.15) is 26.3 Å². The predicted octanol–water partition coefficient (Wildman–Crippen LogP) is 9.03. The minimum atomic E-state index is -4.34. The van der Waals surface area contributed by atoms with Gasteiger partial charge >= 0.3 is 12.4 Å². The first-order valence-electron chi connectivity index (χ1n) is 16.1. The highest BCUT2D eigenvalue weighted by Crippen LogP contribution is 2.33. The minimum absolute atomic E-state index is 0.161. The Hall–Kier alpha value is -2.49. The second-order valence-corrected chi connectivity index (χ2v) is 14.5. The summed E-state index contributed by atoms with van der Waals surface area (Å²) in [5, 5.41) is 11.2. The number of oxime groups is 2. The lowest BCUT2D eigenvalue weighted by Crippen LogP contribution is -2.37. The summed E-state index contributed by atoms with van der Waals surface area (Å²) in [7, 11) is 0. The van der Waals surface area contributed by atoms with Gasteiger partial charge in [-0.05, 0) is 139 Å². The van der Waals surface area contributed by atoms with E-state index in [1.54, 1.807) is 13.0 Å². The van der Waals surface area contributed by atoms with E-state index in [4.69, 9.17) is 9.68 Å². The van der Waals surface area contributed by atoms with E-state index >= 15 is 0 Å². The van der Waals surface area contributed by atoms with Crippen molar-refractivity contribution in [3.63, 3.8) is 0 Å². The molecule has 49 heavy (non-hydrogen) atoms. The Morgan fingerprint density at radius 2 is 1.29 bits per heavy atom. The fraction of sp³-hybridized carbons (Fsp3) is 0.559. The van der Waals surface area contributed by atoms with E-state index in [1.165, 1.54) is 38.0 Å². The number of halogens is 8. The summed E-state index contributed by atoms with van der Waals surface area (Å²) in [4.78, 5) is 23.4. The van der Waals surface area contributed by atoms with Crippen LogP contribution < -0.4 is 5.32 Å². The average Bonchev–Trinajstić information content (AvgIpc) is 3.70. The molecule has 0 aromatic heterocycles. The van der Waals surface area contributed by atoms with Crippen LogP contribution >= 0.6 is 31.9 Å². The van der Waals surface area contributed by atoms with Crippen molar-refractivity contribution in [3.05, 3.63) is 69.8 Å². The van der Waals surface area contributed by atoms with Crippen LogP contribution in [0.25, 0.3) is 0 Å². The topological polar surface area (TPSA) is 75.5 Å². The Morgan fingerprint density at radius 3 is 1.71 bits per heavy atom. The van der Waals surface area contributed by atoms with Gasteiger partial charge in [-0.25, -0.2) is 0 Å². The average molecular weight is 827 g/mol. The minimum Gasteiger partial charge on any atom is -0.391 e. The first kappa shape index (κ1) is 39.3.